The zero-order chi connectivity index (χ0) is 21.0. The summed E-state index contributed by atoms with van der Waals surface area (Å²) in [6.07, 6.45) is 0.411. The van der Waals surface area contributed by atoms with Gasteiger partial charge in [0.25, 0.3) is 0 Å². The molecule has 3 rings (SSSR count). The molecule has 0 radical (unpaired) electrons. The molecule has 7 heteroatoms. The highest BCUT2D eigenvalue weighted by Gasteiger charge is 2.25. The Morgan fingerprint density at radius 3 is 2.45 bits per heavy atom. The third-order valence-electron chi connectivity index (χ3n) is 4.91. The Bertz CT molecular complexity index is 924. The molecule has 0 aliphatic carbocycles. The number of hydrogen-bond donors (Lipinski definition) is 0. The summed E-state index contributed by atoms with van der Waals surface area (Å²) >= 11 is 0. The minimum Gasteiger partial charge on any atom is -0.493 e. The molecule has 1 amide bonds. The SMILES string of the molecule is CCC(=O)N1CCOc2c(cc(-c3ccc(OC)c(OC)c3)cc2C(=O)OC)C1. The first kappa shape index (κ1) is 20.5. The van der Waals surface area contributed by atoms with Crippen LogP contribution in [0.5, 0.6) is 17.2 Å². The van der Waals surface area contributed by atoms with Crippen LogP contribution in [0.3, 0.4) is 0 Å². The highest BCUT2D eigenvalue weighted by atomic mass is 16.5. The van der Waals surface area contributed by atoms with E-state index < -0.39 is 5.97 Å². The standard InChI is InChI=1S/C22H25NO6/c1-5-20(24)23-8-9-29-21-16(13-23)10-15(11-17(21)22(25)28-4)14-6-7-18(26-2)19(12-14)27-3/h6-7,10-12H,5,8-9,13H2,1-4H3. The second kappa shape index (κ2) is 8.86. The number of hydrogen-bond acceptors (Lipinski definition) is 6. The van der Waals surface area contributed by atoms with Crippen molar-refractivity contribution in [1.82, 2.24) is 4.90 Å². The van der Waals surface area contributed by atoms with Crippen LogP contribution >= 0.6 is 0 Å². The van der Waals surface area contributed by atoms with Gasteiger partial charge in [0, 0.05) is 18.5 Å². The topological polar surface area (TPSA) is 74.3 Å². The number of esters is 1. The first-order valence-corrected chi connectivity index (χ1v) is 9.40. The Morgan fingerprint density at radius 2 is 1.79 bits per heavy atom. The van der Waals surface area contributed by atoms with Crippen molar-refractivity contribution in [2.75, 3.05) is 34.5 Å². The second-order valence-corrected chi connectivity index (χ2v) is 6.59. The number of nitrogens with zero attached hydrogens (tertiary/aromatic N) is 1. The minimum absolute atomic E-state index is 0.0394. The number of amides is 1. The van der Waals surface area contributed by atoms with Crippen LogP contribution in [0.25, 0.3) is 11.1 Å². The van der Waals surface area contributed by atoms with Crippen LogP contribution in [-0.2, 0) is 16.1 Å². The van der Waals surface area contributed by atoms with Gasteiger partial charge in [-0.05, 0) is 35.4 Å². The van der Waals surface area contributed by atoms with E-state index in [4.69, 9.17) is 18.9 Å². The molecule has 0 saturated heterocycles. The molecule has 2 aromatic carbocycles. The van der Waals surface area contributed by atoms with E-state index in [1.807, 2.05) is 25.1 Å². The lowest BCUT2D eigenvalue weighted by Crippen LogP contribution is -2.31. The van der Waals surface area contributed by atoms with Crippen molar-refractivity contribution in [3.05, 3.63) is 41.5 Å². The van der Waals surface area contributed by atoms with Gasteiger partial charge in [0.05, 0.1) is 27.9 Å². The summed E-state index contributed by atoms with van der Waals surface area (Å²) in [6.45, 7) is 2.98. The zero-order valence-electron chi connectivity index (χ0n) is 17.1. The van der Waals surface area contributed by atoms with Crippen LogP contribution < -0.4 is 14.2 Å². The fourth-order valence-corrected chi connectivity index (χ4v) is 3.40. The molecule has 1 aliphatic heterocycles. The fraction of sp³-hybridized carbons (Fsp3) is 0.364. The molecule has 0 saturated carbocycles. The van der Waals surface area contributed by atoms with Crippen LogP contribution in [0.2, 0.25) is 0 Å². The van der Waals surface area contributed by atoms with E-state index in [0.29, 0.717) is 48.9 Å². The summed E-state index contributed by atoms with van der Waals surface area (Å²) in [7, 11) is 4.48. The molecule has 2 aromatic rings. The Balaban J connectivity index is 2.13. The lowest BCUT2D eigenvalue weighted by Gasteiger charge is -2.19. The molecular weight excluding hydrogens is 374 g/mol. The summed E-state index contributed by atoms with van der Waals surface area (Å²) in [5.41, 5.74) is 2.73. The minimum atomic E-state index is -0.487. The predicted molar refractivity (Wildman–Crippen MR) is 108 cm³/mol. The van der Waals surface area contributed by atoms with Gasteiger partial charge in [-0.15, -0.1) is 0 Å². The molecular formula is C22H25NO6. The number of fused-ring (bicyclic) bond motifs is 1. The number of carbonyl (C=O) groups excluding carboxylic acids is 2. The molecule has 0 aromatic heterocycles. The molecule has 0 bridgehead atoms. The summed E-state index contributed by atoms with van der Waals surface area (Å²) in [5.74, 6) is 1.21. The smallest absolute Gasteiger partial charge is 0.341 e. The average molecular weight is 399 g/mol. The number of carbonyl (C=O) groups is 2. The number of methoxy groups -OCH3 is 3. The van der Waals surface area contributed by atoms with E-state index >= 15 is 0 Å². The molecule has 0 spiro atoms. The maximum Gasteiger partial charge on any atom is 0.341 e. The third-order valence-corrected chi connectivity index (χ3v) is 4.91. The quantitative estimate of drug-likeness (QED) is 0.719. The van der Waals surface area contributed by atoms with Crippen LogP contribution in [0.1, 0.15) is 29.3 Å². The van der Waals surface area contributed by atoms with Crippen LogP contribution in [0.15, 0.2) is 30.3 Å². The van der Waals surface area contributed by atoms with Gasteiger partial charge in [-0.1, -0.05) is 13.0 Å². The lowest BCUT2D eigenvalue weighted by atomic mass is 9.97. The maximum absolute atomic E-state index is 12.4. The van der Waals surface area contributed by atoms with E-state index in [9.17, 15) is 9.59 Å². The van der Waals surface area contributed by atoms with E-state index in [1.54, 1.807) is 31.3 Å². The van der Waals surface area contributed by atoms with E-state index in [-0.39, 0.29) is 5.91 Å². The molecule has 0 atom stereocenters. The summed E-state index contributed by atoms with van der Waals surface area (Å²) in [5, 5.41) is 0. The highest BCUT2D eigenvalue weighted by molar-refractivity contribution is 5.95. The fourth-order valence-electron chi connectivity index (χ4n) is 3.40. The number of ether oxygens (including phenoxy) is 4. The maximum atomic E-state index is 12.4. The van der Waals surface area contributed by atoms with Gasteiger partial charge in [0.15, 0.2) is 11.5 Å². The molecule has 7 nitrogen and oxygen atoms in total. The van der Waals surface area contributed by atoms with Gasteiger partial charge in [0.1, 0.15) is 17.9 Å². The van der Waals surface area contributed by atoms with E-state index in [1.165, 1.54) is 7.11 Å². The summed E-state index contributed by atoms with van der Waals surface area (Å²) in [4.78, 5) is 26.5. The van der Waals surface area contributed by atoms with E-state index in [2.05, 4.69) is 0 Å². The monoisotopic (exact) mass is 399 g/mol. The highest BCUT2D eigenvalue weighted by Crippen LogP contribution is 2.37. The van der Waals surface area contributed by atoms with Crippen molar-refractivity contribution in [3.63, 3.8) is 0 Å². The van der Waals surface area contributed by atoms with Crippen molar-refractivity contribution in [2.45, 2.75) is 19.9 Å². The summed E-state index contributed by atoms with van der Waals surface area (Å²) in [6, 6.07) is 9.21. The van der Waals surface area contributed by atoms with Gasteiger partial charge in [-0.2, -0.15) is 0 Å². The van der Waals surface area contributed by atoms with Gasteiger partial charge in [0.2, 0.25) is 5.91 Å². The van der Waals surface area contributed by atoms with Crippen LogP contribution in [0.4, 0.5) is 0 Å². The third kappa shape index (κ3) is 4.13. The molecule has 1 aliphatic rings. The van der Waals surface area contributed by atoms with Gasteiger partial charge in [-0.25, -0.2) is 4.79 Å². The molecule has 29 heavy (non-hydrogen) atoms. The van der Waals surface area contributed by atoms with Crippen molar-refractivity contribution in [2.24, 2.45) is 0 Å². The normalized spacial score (nSPS) is 13.0. The van der Waals surface area contributed by atoms with Crippen LogP contribution in [-0.4, -0.2) is 51.3 Å². The second-order valence-electron chi connectivity index (χ2n) is 6.59. The largest absolute Gasteiger partial charge is 0.493 e. The Labute approximate surface area is 170 Å². The molecule has 0 fully saturated rings. The number of rotatable bonds is 5. The first-order chi connectivity index (χ1) is 14.0. The number of benzene rings is 2. The van der Waals surface area contributed by atoms with E-state index in [0.717, 1.165) is 16.7 Å². The zero-order valence-corrected chi connectivity index (χ0v) is 17.1. The molecule has 154 valence electrons. The van der Waals surface area contributed by atoms with Gasteiger partial charge in [-0.3, -0.25) is 4.79 Å². The average Bonchev–Trinajstić information content (AvgIpc) is 2.99. The van der Waals surface area contributed by atoms with Crippen molar-refractivity contribution < 1.29 is 28.5 Å². The van der Waals surface area contributed by atoms with Crippen molar-refractivity contribution in [3.8, 4) is 28.4 Å². The van der Waals surface area contributed by atoms with Gasteiger partial charge < -0.3 is 23.8 Å². The Morgan fingerprint density at radius 1 is 1.03 bits per heavy atom. The first-order valence-electron chi connectivity index (χ1n) is 9.40. The lowest BCUT2D eigenvalue weighted by molar-refractivity contribution is -0.131. The Hall–Kier alpha value is -3.22. The van der Waals surface area contributed by atoms with Gasteiger partial charge >= 0.3 is 5.97 Å². The molecule has 1 heterocycles. The molecule has 0 unspecified atom stereocenters. The Kier molecular flexibility index (Phi) is 6.26. The van der Waals surface area contributed by atoms with Crippen LogP contribution in [0, 0.1) is 0 Å². The van der Waals surface area contributed by atoms with Crippen molar-refractivity contribution >= 4 is 11.9 Å². The van der Waals surface area contributed by atoms with Crippen molar-refractivity contribution in [1.29, 1.82) is 0 Å². The summed E-state index contributed by atoms with van der Waals surface area (Å²) < 4.78 is 21.5. The predicted octanol–water partition coefficient (Wildman–Crippen LogP) is 3.29. The molecule has 0 N–H and O–H groups in total.